The molecule has 0 aliphatic carbocycles. The average molecular weight is 144 g/mol. The fraction of sp³-hybridized carbons (Fsp3) is 0.714. The van der Waals surface area contributed by atoms with Crippen molar-refractivity contribution in [2.75, 3.05) is 6.61 Å². The summed E-state index contributed by atoms with van der Waals surface area (Å²) >= 11 is 0. The second kappa shape index (κ2) is 3.14. The van der Waals surface area contributed by atoms with Crippen LogP contribution in [0.2, 0.25) is 0 Å². The van der Waals surface area contributed by atoms with Crippen molar-refractivity contribution in [3.63, 3.8) is 0 Å². The maximum Gasteiger partial charge on any atom is 0.107 e. The van der Waals surface area contributed by atoms with Crippen molar-refractivity contribution in [1.29, 1.82) is 0 Å². The Bertz CT molecular complexity index is 133. The average Bonchev–Trinajstić information content (AvgIpc) is 2.34. The van der Waals surface area contributed by atoms with Crippen LogP contribution < -0.4 is 0 Å². The Morgan fingerprint density at radius 2 is 2.30 bits per heavy atom. The first-order valence-corrected chi connectivity index (χ1v) is 3.36. The van der Waals surface area contributed by atoms with Crippen molar-refractivity contribution in [2.24, 2.45) is 0 Å². The molecule has 0 saturated carbocycles. The smallest absolute Gasteiger partial charge is 0.107 e. The highest BCUT2D eigenvalue weighted by atomic mass is 16.5. The summed E-state index contributed by atoms with van der Waals surface area (Å²) in [5, 5.41) is 17.6. The first kappa shape index (κ1) is 7.72. The number of aliphatic hydroxyl groups excluding tert-OH is 2. The molecule has 3 atom stereocenters. The molecule has 58 valence electrons. The Morgan fingerprint density at radius 3 is 2.70 bits per heavy atom. The third-order valence-corrected chi connectivity index (χ3v) is 1.51. The molecule has 0 aromatic carbocycles. The monoisotopic (exact) mass is 144 g/mol. The second-order valence-electron chi connectivity index (χ2n) is 2.44. The van der Waals surface area contributed by atoms with Crippen molar-refractivity contribution in [1.82, 2.24) is 0 Å². The van der Waals surface area contributed by atoms with E-state index in [0.29, 0.717) is 0 Å². The molecule has 0 aromatic heterocycles. The quantitative estimate of drug-likeness (QED) is 0.522. The van der Waals surface area contributed by atoms with Crippen molar-refractivity contribution >= 4 is 0 Å². The highest BCUT2D eigenvalue weighted by Gasteiger charge is 2.22. The lowest BCUT2D eigenvalue weighted by Crippen LogP contribution is -2.29. The van der Waals surface area contributed by atoms with E-state index in [1.807, 2.05) is 13.0 Å². The molecule has 0 fully saturated rings. The summed E-state index contributed by atoms with van der Waals surface area (Å²) < 4.78 is 5.19. The molecule has 2 N–H and O–H groups in total. The van der Waals surface area contributed by atoms with E-state index in [4.69, 9.17) is 14.9 Å². The van der Waals surface area contributed by atoms with Crippen LogP contribution >= 0.6 is 0 Å². The van der Waals surface area contributed by atoms with Gasteiger partial charge in [-0.05, 0) is 6.92 Å². The summed E-state index contributed by atoms with van der Waals surface area (Å²) in [6.07, 6.45) is 2.60. The molecule has 1 rings (SSSR count). The van der Waals surface area contributed by atoms with Gasteiger partial charge in [-0.3, -0.25) is 0 Å². The zero-order chi connectivity index (χ0) is 7.56. The molecule has 1 heterocycles. The summed E-state index contributed by atoms with van der Waals surface area (Å²) in [6.45, 7) is 1.64. The van der Waals surface area contributed by atoms with E-state index >= 15 is 0 Å². The molecule has 3 nitrogen and oxygen atoms in total. The van der Waals surface area contributed by atoms with Crippen molar-refractivity contribution in [3.05, 3.63) is 12.2 Å². The molecule has 1 aliphatic rings. The fourth-order valence-electron chi connectivity index (χ4n) is 0.927. The zero-order valence-corrected chi connectivity index (χ0v) is 5.90. The van der Waals surface area contributed by atoms with E-state index in [9.17, 15) is 0 Å². The maximum atomic E-state index is 9.05. The molecule has 1 aliphatic heterocycles. The molecule has 0 amide bonds. The molecule has 0 spiro atoms. The van der Waals surface area contributed by atoms with E-state index in [-0.39, 0.29) is 18.8 Å². The van der Waals surface area contributed by atoms with Gasteiger partial charge in [0.25, 0.3) is 0 Å². The van der Waals surface area contributed by atoms with E-state index in [1.54, 1.807) is 6.08 Å². The molecule has 3 heteroatoms. The second-order valence-corrected chi connectivity index (χ2v) is 2.44. The van der Waals surface area contributed by atoms with Crippen molar-refractivity contribution in [2.45, 2.75) is 25.2 Å². The van der Waals surface area contributed by atoms with E-state index < -0.39 is 6.10 Å². The molecule has 0 saturated heterocycles. The van der Waals surface area contributed by atoms with Gasteiger partial charge in [0.15, 0.2) is 0 Å². The molecule has 0 radical (unpaired) electrons. The van der Waals surface area contributed by atoms with Crippen LogP contribution in [0.1, 0.15) is 6.92 Å². The van der Waals surface area contributed by atoms with Gasteiger partial charge in [-0.15, -0.1) is 0 Å². The van der Waals surface area contributed by atoms with Gasteiger partial charge in [-0.1, -0.05) is 12.2 Å². The SMILES string of the molecule is C[C@H]1C=C[C@@H]([C@H](O)CO)O1. The minimum atomic E-state index is -0.777. The van der Waals surface area contributed by atoms with Crippen LogP contribution in [0.15, 0.2) is 12.2 Å². The normalized spacial score (nSPS) is 34.7. The molecule has 0 aromatic rings. The molecule has 10 heavy (non-hydrogen) atoms. The lowest BCUT2D eigenvalue weighted by molar-refractivity contribution is -0.0373. The minimum Gasteiger partial charge on any atom is -0.394 e. The van der Waals surface area contributed by atoms with Crippen LogP contribution in [0, 0.1) is 0 Å². The summed E-state index contributed by atoms with van der Waals surface area (Å²) in [4.78, 5) is 0. The third-order valence-electron chi connectivity index (χ3n) is 1.51. The third kappa shape index (κ3) is 1.56. The summed E-state index contributed by atoms with van der Waals surface area (Å²) in [6, 6.07) is 0. The Morgan fingerprint density at radius 1 is 1.60 bits per heavy atom. The highest BCUT2D eigenvalue weighted by Crippen LogP contribution is 2.13. The van der Waals surface area contributed by atoms with Crippen LogP contribution in [-0.4, -0.2) is 35.1 Å². The molecule has 0 unspecified atom stereocenters. The number of aliphatic hydroxyl groups is 2. The Labute approximate surface area is 59.9 Å². The fourth-order valence-corrected chi connectivity index (χ4v) is 0.927. The summed E-state index contributed by atoms with van der Waals surface area (Å²) in [7, 11) is 0. The van der Waals surface area contributed by atoms with Crippen LogP contribution in [0.5, 0.6) is 0 Å². The molecular formula is C7H12O3. The van der Waals surface area contributed by atoms with Crippen molar-refractivity contribution in [3.8, 4) is 0 Å². The molecular weight excluding hydrogens is 132 g/mol. The lowest BCUT2D eigenvalue weighted by atomic mass is 10.2. The van der Waals surface area contributed by atoms with Gasteiger partial charge < -0.3 is 14.9 Å². The van der Waals surface area contributed by atoms with Crippen LogP contribution in [0.25, 0.3) is 0 Å². The number of rotatable bonds is 2. The van der Waals surface area contributed by atoms with Gasteiger partial charge in [-0.25, -0.2) is 0 Å². The number of hydrogen-bond acceptors (Lipinski definition) is 3. The minimum absolute atomic E-state index is 0.0613. The van der Waals surface area contributed by atoms with Gasteiger partial charge in [0.2, 0.25) is 0 Å². The Hall–Kier alpha value is -0.380. The van der Waals surface area contributed by atoms with Crippen LogP contribution in [-0.2, 0) is 4.74 Å². The molecule has 0 bridgehead atoms. The summed E-state index contributed by atoms with van der Waals surface area (Å²) in [5.74, 6) is 0. The van der Waals surface area contributed by atoms with Gasteiger partial charge in [0.05, 0.1) is 12.7 Å². The number of ether oxygens (including phenoxy) is 1. The first-order valence-electron chi connectivity index (χ1n) is 3.36. The topological polar surface area (TPSA) is 49.7 Å². The first-order chi connectivity index (χ1) is 4.74. The summed E-state index contributed by atoms with van der Waals surface area (Å²) in [5.41, 5.74) is 0. The largest absolute Gasteiger partial charge is 0.394 e. The van der Waals surface area contributed by atoms with Crippen LogP contribution in [0.3, 0.4) is 0 Å². The zero-order valence-electron chi connectivity index (χ0n) is 5.90. The van der Waals surface area contributed by atoms with Gasteiger partial charge in [-0.2, -0.15) is 0 Å². The number of hydrogen-bond donors (Lipinski definition) is 2. The van der Waals surface area contributed by atoms with E-state index in [0.717, 1.165) is 0 Å². The van der Waals surface area contributed by atoms with Crippen molar-refractivity contribution < 1.29 is 14.9 Å². The van der Waals surface area contributed by atoms with E-state index in [1.165, 1.54) is 0 Å². The van der Waals surface area contributed by atoms with Gasteiger partial charge in [0, 0.05) is 0 Å². The highest BCUT2D eigenvalue weighted by molar-refractivity contribution is 5.02. The van der Waals surface area contributed by atoms with Gasteiger partial charge in [0.1, 0.15) is 12.2 Å². The van der Waals surface area contributed by atoms with Crippen LogP contribution in [0.4, 0.5) is 0 Å². The standard InChI is InChI=1S/C7H12O3/c1-5-2-3-7(10-5)6(9)4-8/h2-3,5-9H,4H2,1H3/t5-,6+,7-/m0/s1. The lowest BCUT2D eigenvalue weighted by Gasteiger charge is -2.15. The van der Waals surface area contributed by atoms with Gasteiger partial charge >= 0.3 is 0 Å². The predicted molar refractivity (Wildman–Crippen MR) is 36.6 cm³/mol. The predicted octanol–water partition coefficient (Wildman–Crippen LogP) is -0.317. The maximum absolute atomic E-state index is 9.05. The Kier molecular flexibility index (Phi) is 2.43. The Balaban J connectivity index is 2.38. The van der Waals surface area contributed by atoms with E-state index in [2.05, 4.69) is 0 Å².